The number of anilines is 1. The van der Waals surface area contributed by atoms with Crippen molar-refractivity contribution in [2.45, 2.75) is 26.4 Å². The molecule has 0 fully saturated rings. The average Bonchev–Trinajstić information content (AvgIpc) is 3.13. The number of nitrogens with zero attached hydrogens (tertiary/aromatic N) is 4. The van der Waals surface area contributed by atoms with Crippen molar-refractivity contribution in [3.8, 4) is 0 Å². The first-order valence-electron chi connectivity index (χ1n) is 7.80. The molecule has 1 amide bonds. The molecule has 2 heterocycles. The third-order valence-electron chi connectivity index (χ3n) is 3.60. The molecule has 9 heteroatoms. The molecule has 0 aliphatic rings. The van der Waals surface area contributed by atoms with Crippen molar-refractivity contribution in [3.05, 3.63) is 64.7 Å². The van der Waals surface area contributed by atoms with E-state index in [0.717, 1.165) is 10.2 Å². The van der Waals surface area contributed by atoms with Gasteiger partial charge in [-0.1, -0.05) is 23.7 Å². The summed E-state index contributed by atoms with van der Waals surface area (Å²) in [6, 6.07) is 8.63. The number of hydrogen-bond donors (Lipinski definition) is 1. The highest BCUT2D eigenvalue weighted by atomic mass is 35.5. The number of halogens is 3. The van der Waals surface area contributed by atoms with Crippen LogP contribution in [-0.4, -0.2) is 25.5 Å². The number of benzene rings is 1. The van der Waals surface area contributed by atoms with Crippen LogP contribution in [-0.2, 0) is 17.9 Å². The lowest BCUT2D eigenvalue weighted by atomic mass is 10.2. The fourth-order valence-electron chi connectivity index (χ4n) is 2.54. The maximum Gasteiger partial charge on any atom is 0.280 e. The average molecular weight is 380 g/mol. The molecule has 2 aromatic heterocycles. The van der Waals surface area contributed by atoms with Gasteiger partial charge >= 0.3 is 0 Å². The van der Waals surface area contributed by atoms with Gasteiger partial charge in [0.25, 0.3) is 6.43 Å². The quantitative estimate of drug-likeness (QED) is 0.710. The van der Waals surface area contributed by atoms with E-state index in [4.69, 9.17) is 11.6 Å². The van der Waals surface area contributed by atoms with Gasteiger partial charge in [-0.15, -0.1) is 0 Å². The number of amides is 1. The van der Waals surface area contributed by atoms with Crippen molar-refractivity contribution in [1.29, 1.82) is 0 Å². The lowest BCUT2D eigenvalue weighted by molar-refractivity contribution is -0.117. The summed E-state index contributed by atoms with van der Waals surface area (Å²) in [7, 11) is 0. The molecule has 0 radical (unpaired) electrons. The Morgan fingerprint density at radius 2 is 2.15 bits per heavy atom. The standard InChI is InChI=1S/C17H16ClF2N5O/c1-11-5-15(17(19)20)25(23-11)10-16(26)22-14-7-21-24(9-14)8-12-3-2-4-13(18)6-12/h2-7,9,17H,8,10H2,1H3,(H,22,26). The van der Waals surface area contributed by atoms with Gasteiger partial charge in [0, 0.05) is 11.2 Å². The fourth-order valence-corrected chi connectivity index (χ4v) is 2.75. The second-order valence-corrected chi connectivity index (χ2v) is 6.21. The predicted octanol–water partition coefficient (Wildman–Crippen LogP) is 3.67. The zero-order valence-electron chi connectivity index (χ0n) is 13.9. The minimum absolute atomic E-state index is 0.283. The van der Waals surface area contributed by atoms with Crippen LogP contribution in [0.2, 0.25) is 5.02 Å². The molecule has 0 atom stereocenters. The van der Waals surface area contributed by atoms with Gasteiger partial charge in [-0.3, -0.25) is 14.2 Å². The first-order valence-corrected chi connectivity index (χ1v) is 8.18. The van der Waals surface area contributed by atoms with E-state index in [0.29, 0.717) is 22.9 Å². The summed E-state index contributed by atoms with van der Waals surface area (Å²) in [5.74, 6) is -0.461. The first-order chi connectivity index (χ1) is 12.4. The Kier molecular flexibility index (Phi) is 5.32. The van der Waals surface area contributed by atoms with Gasteiger partial charge in [-0.2, -0.15) is 10.2 Å². The van der Waals surface area contributed by atoms with E-state index in [1.807, 2.05) is 18.2 Å². The Bertz CT molecular complexity index is 922. The molecule has 0 saturated carbocycles. The number of nitrogens with one attached hydrogen (secondary N) is 1. The van der Waals surface area contributed by atoms with Crippen LogP contribution < -0.4 is 5.32 Å². The maximum atomic E-state index is 12.9. The Labute approximate surface area is 153 Å². The highest BCUT2D eigenvalue weighted by Gasteiger charge is 2.17. The zero-order chi connectivity index (χ0) is 18.7. The third kappa shape index (κ3) is 4.45. The van der Waals surface area contributed by atoms with E-state index >= 15 is 0 Å². The summed E-state index contributed by atoms with van der Waals surface area (Å²) in [6.07, 6.45) is 0.454. The Morgan fingerprint density at radius 1 is 1.35 bits per heavy atom. The largest absolute Gasteiger partial charge is 0.322 e. The van der Waals surface area contributed by atoms with Crippen molar-refractivity contribution in [2.24, 2.45) is 0 Å². The van der Waals surface area contributed by atoms with Crippen LogP contribution in [0.1, 0.15) is 23.4 Å². The molecule has 1 N–H and O–H groups in total. The summed E-state index contributed by atoms with van der Waals surface area (Å²) in [4.78, 5) is 12.1. The number of carbonyl (C=O) groups excluding carboxylic acids is 1. The Balaban J connectivity index is 1.63. The summed E-state index contributed by atoms with van der Waals surface area (Å²) in [6.45, 7) is 1.79. The molecule has 0 saturated heterocycles. The predicted molar refractivity (Wildman–Crippen MR) is 93.3 cm³/mol. The van der Waals surface area contributed by atoms with E-state index in [9.17, 15) is 13.6 Å². The Morgan fingerprint density at radius 3 is 2.88 bits per heavy atom. The van der Waals surface area contributed by atoms with Crippen molar-refractivity contribution in [1.82, 2.24) is 19.6 Å². The van der Waals surface area contributed by atoms with Crippen LogP contribution in [0.25, 0.3) is 0 Å². The lowest BCUT2D eigenvalue weighted by Gasteiger charge is -2.06. The summed E-state index contributed by atoms with van der Waals surface area (Å²) < 4.78 is 28.5. The smallest absolute Gasteiger partial charge is 0.280 e. The van der Waals surface area contributed by atoms with E-state index < -0.39 is 12.3 Å². The van der Waals surface area contributed by atoms with Crippen LogP contribution >= 0.6 is 11.6 Å². The van der Waals surface area contributed by atoms with Crippen LogP contribution in [0.15, 0.2) is 42.7 Å². The van der Waals surface area contributed by atoms with Gasteiger partial charge in [-0.25, -0.2) is 8.78 Å². The molecule has 0 aliphatic heterocycles. The normalized spacial score (nSPS) is 11.1. The SMILES string of the molecule is Cc1cc(C(F)F)n(CC(=O)Nc2cnn(Cc3cccc(Cl)c3)c2)n1. The monoisotopic (exact) mass is 379 g/mol. The first kappa shape index (κ1) is 18.1. The van der Waals surface area contributed by atoms with Crippen molar-refractivity contribution in [3.63, 3.8) is 0 Å². The van der Waals surface area contributed by atoms with E-state index in [2.05, 4.69) is 15.5 Å². The van der Waals surface area contributed by atoms with Gasteiger partial charge in [0.1, 0.15) is 12.2 Å². The molecular weight excluding hydrogens is 364 g/mol. The van der Waals surface area contributed by atoms with Gasteiger partial charge in [0.05, 0.1) is 24.1 Å². The van der Waals surface area contributed by atoms with Crippen molar-refractivity contribution >= 4 is 23.2 Å². The molecule has 1 aromatic carbocycles. The number of alkyl halides is 2. The summed E-state index contributed by atoms with van der Waals surface area (Å²) in [5, 5.41) is 11.4. The number of rotatable bonds is 6. The molecule has 3 rings (SSSR count). The number of hydrogen-bond acceptors (Lipinski definition) is 3. The number of carbonyl (C=O) groups is 1. The molecule has 26 heavy (non-hydrogen) atoms. The molecule has 136 valence electrons. The molecule has 6 nitrogen and oxygen atoms in total. The van der Waals surface area contributed by atoms with E-state index in [1.165, 1.54) is 12.3 Å². The minimum atomic E-state index is -2.69. The van der Waals surface area contributed by atoms with Gasteiger partial charge < -0.3 is 5.32 Å². The summed E-state index contributed by atoms with van der Waals surface area (Å²) in [5.41, 5.74) is 1.59. The zero-order valence-corrected chi connectivity index (χ0v) is 14.6. The lowest BCUT2D eigenvalue weighted by Crippen LogP contribution is -2.21. The van der Waals surface area contributed by atoms with Crippen LogP contribution in [0, 0.1) is 6.92 Å². The highest BCUT2D eigenvalue weighted by Crippen LogP contribution is 2.19. The van der Waals surface area contributed by atoms with Crippen LogP contribution in [0.3, 0.4) is 0 Å². The Hall–Kier alpha value is -2.74. The molecule has 0 spiro atoms. The molecule has 0 bridgehead atoms. The minimum Gasteiger partial charge on any atom is -0.322 e. The molecule has 0 aliphatic carbocycles. The maximum absolute atomic E-state index is 12.9. The number of aromatic nitrogens is 4. The summed E-state index contributed by atoms with van der Waals surface area (Å²) >= 11 is 5.95. The van der Waals surface area contributed by atoms with Gasteiger partial charge in [0.15, 0.2) is 0 Å². The molecule has 3 aromatic rings. The topological polar surface area (TPSA) is 64.7 Å². The molecular formula is C17H16ClF2N5O. The third-order valence-corrected chi connectivity index (χ3v) is 3.84. The second kappa shape index (κ2) is 7.65. The second-order valence-electron chi connectivity index (χ2n) is 5.77. The van der Waals surface area contributed by atoms with Crippen molar-refractivity contribution in [2.75, 3.05) is 5.32 Å². The van der Waals surface area contributed by atoms with Gasteiger partial charge in [0.2, 0.25) is 5.91 Å². The van der Waals surface area contributed by atoms with E-state index in [-0.39, 0.29) is 12.2 Å². The van der Waals surface area contributed by atoms with E-state index in [1.54, 1.807) is 23.9 Å². The fraction of sp³-hybridized carbons (Fsp3) is 0.235. The molecule has 0 unspecified atom stereocenters. The number of aryl methyl sites for hydroxylation is 1. The van der Waals surface area contributed by atoms with Crippen LogP contribution in [0.5, 0.6) is 0 Å². The van der Waals surface area contributed by atoms with Crippen molar-refractivity contribution < 1.29 is 13.6 Å². The van der Waals surface area contributed by atoms with Gasteiger partial charge in [-0.05, 0) is 30.7 Å². The highest BCUT2D eigenvalue weighted by molar-refractivity contribution is 6.30. The van der Waals surface area contributed by atoms with Crippen LogP contribution in [0.4, 0.5) is 14.5 Å².